The van der Waals surface area contributed by atoms with E-state index < -0.39 is 10.0 Å². The van der Waals surface area contributed by atoms with Crippen LogP contribution in [0.15, 0.2) is 30.5 Å². The Kier molecular flexibility index (Phi) is 5.84. The van der Waals surface area contributed by atoms with Gasteiger partial charge in [-0.15, -0.1) is 0 Å². The van der Waals surface area contributed by atoms with Crippen LogP contribution >= 0.6 is 0 Å². The average Bonchev–Trinajstić information content (AvgIpc) is 3.20. The van der Waals surface area contributed by atoms with Crippen LogP contribution in [0.4, 0.5) is 0 Å². The molecule has 1 saturated carbocycles. The topological polar surface area (TPSA) is 103 Å². The highest BCUT2D eigenvalue weighted by Gasteiger charge is 2.39. The van der Waals surface area contributed by atoms with Gasteiger partial charge >= 0.3 is 0 Å². The van der Waals surface area contributed by atoms with Gasteiger partial charge in [-0.05, 0) is 31.0 Å². The minimum Gasteiger partial charge on any atom is -0.361 e. The molecule has 0 bridgehead atoms. The quantitative estimate of drug-likeness (QED) is 0.752. The minimum atomic E-state index is -3.52. The van der Waals surface area contributed by atoms with Crippen LogP contribution < -0.4 is 5.32 Å². The summed E-state index contributed by atoms with van der Waals surface area (Å²) in [4.78, 5) is 30.9. The largest absolute Gasteiger partial charge is 0.361 e. The molecule has 1 aromatic heterocycles. The zero-order valence-electron chi connectivity index (χ0n) is 17.1. The van der Waals surface area contributed by atoms with E-state index in [0.29, 0.717) is 31.5 Å². The van der Waals surface area contributed by atoms with Crippen LogP contribution in [0.2, 0.25) is 0 Å². The number of H-pyrrole nitrogens is 1. The van der Waals surface area contributed by atoms with E-state index >= 15 is 0 Å². The number of benzene rings is 1. The maximum atomic E-state index is 13.3. The molecule has 2 N–H and O–H groups in total. The van der Waals surface area contributed by atoms with E-state index in [2.05, 4.69) is 10.3 Å². The van der Waals surface area contributed by atoms with Gasteiger partial charge in [0.15, 0.2) is 0 Å². The molecule has 4 rings (SSSR count). The van der Waals surface area contributed by atoms with Crippen molar-refractivity contribution >= 4 is 32.7 Å². The molecule has 30 heavy (non-hydrogen) atoms. The highest BCUT2D eigenvalue weighted by Crippen LogP contribution is 2.30. The number of nitrogens with zero attached hydrogens (tertiary/aromatic N) is 2. The van der Waals surface area contributed by atoms with Gasteiger partial charge in [-0.1, -0.05) is 18.9 Å². The number of fused-ring (bicyclic) bond motifs is 2. The summed E-state index contributed by atoms with van der Waals surface area (Å²) in [5, 5.41) is 3.76. The van der Waals surface area contributed by atoms with Gasteiger partial charge < -0.3 is 15.2 Å². The molecule has 2 heterocycles. The molecule has 2 fully saturated rings. The fourth-order valence-electron chi connectivity index (χ4n) is 4.76. The van der Waals surface area contributed by atoms with Crippen LogP contribution in [0.5, 0.6) is 0 Å². The first-order chi connectivity index (χ1) is 14.4. The Morgan fingerprint density at radius 2 is 1.90 bits per heavy atom. The molecule has 2 unspecified atom stereocenters. The van der Waals surface area contributed by atoms with Gasteiger partial charge in [0.25, 0.3) is 5.91 Å². The summed E-state index contributed by atoms with van der Waals surface area (Å²) in [5.41, 5.74) is 1.44. The summed E-state index contributed by atoms with van der Waals surface area (Å²) in [7, 11) is -3.52. The summed E-state index contributed by atoms with van der Waals surface area (Å²) < 4.78 is 26.6. The van der Waals surface area contributed by atoms with Crippen LogP contribution in [0.25, 0.3) is 10.9 Å². The molecule has 1 aliphatic heterocycles. The van der Waals surface area contributed by atoms with E-state index in [1.165, 1.54) is 10.6 Å². The molecule has 9 heteroatoms. The summed E-state index contributed by atoms with van der Waals surface area (Å²) in [6.07, 6.45) is 6.17. The Morgan fingerprint density at radius 3 is 2.70 bits per heavy atom. The average molecular weight is 433 g/mol. The minimum absolute atomic E-state index is 0.115. The van der Waals surface area contributed by atoms with Crippen LogP contribution in [0.3, 0.4) is 0 Å². The second kappa shape index (κ2) is 8.39. The lowest BCUT2D eigenvalue weighted by Crippen LogP contribution is -2.55. The Morgan fingerprint density at radius 1 is 1.10 bits per heavy atom. The molecule has 162 valence electrons. The van der Waals surface area contributed by atoms with E-state index in [0.717, 1.165) is 23.7 Å². The number of hydrogen-bond acceptors (Lipinski definition) is 4. The molecule has 1 saturated heterocycles. The predicted molar refractivity (Wildman–Crippen MR) is 115 cm³/mol. The standard InChI is InChI=1S/C21H28N4O4S/c1-30(28,29)25-14-13-24(12-11-23-20(26)17-5-2-3-8-19(17)25)21(27)16-6-4-7-18-15(16)9-10-22-18/h4,6-7,9-10,17,19,22H,2-3,5,8,11-14H2,1H3,(H,23,26). The van der Waals surface area contributed by atoms with Gasteiger partial charge in [-0.25, -0.2) is 8.42 Å². The summed E-state index contributed by atoms with van der Waals surface area (Å²) in [6.45, 7) is 1.17. The smallest absolute Gasteiger partial charge is 0.254 e. The van der Waals surface area contributed by atoms with Gasteiger partial charge in [0.1, 0.15) is 0 Å². The normalized spacial score (nSPS) is 24.3. The van der Waals surface area contributed by atoms with Crippen molar-refractivity contribution in [2.75, 3.05) is 32.4 Å². The Balaban J connectivity index is 1.63. The van der Waals surface area contributed by atoms with Crippen molar-refractivity contribution in [1.29, 1.82) is 0 Å². The van der Waals surface area contributed by atoms with Crippen molar-refractivity contribution in [3.8, 4) is 0 Å². The van der Waals surface area contributed by atoms with Crippen molar-refractivity contribution in [2.24, 2.45) is 5.92 Å². The maximum Gasteiger partial charge on any atom is 0.254 e. The van der Waals surface area contributed by atoms with Gasteiger partial charge in [0.2, 0.25) is 15.9 Å². The second-order valence-electron chi connectivity index (χ2n) is 8.16. The number of rotatable bonds is 2. The molecule has 8 nitrogen and oxygen atoms in total. The summed E-state index contributed by atoms with van der Waals surface area (Å²) in [6, 6.07) is 7.02. The van der Waals surface area contributed by atoms with Crippen LogP contribution in [0.1, 0.15) is 36.0 Å². The van der Waals surface area contributed by atoms with Crippen LogP contribution in [0, 0.1) is 5.92 Å². The van der Waals surface area contributed by atoms with Crippen molar-refractivity contribution in [3.63, 3.8) is 0 Å². The number of carbonyl (C=O) groups excluding carboxylic acids is 2. The van der Waals surface area contributed by atoms with E-state index in [9.17, 15) is 18.0 Å². The van der Waals surface area contributed by atoms with Crippen LogP contribution in [-0.4, -0.2) is 72.9 Å². The lowest BCUT2D eigenvalue weighted by molar-refractivity contribution is -0.127. The number of aromatic amines is 1. The monoisotopic (exact) mass is 432 g/mol. The number of amides is 2. The van der Waals surface area contributed by atoms with Crippen molar-refractivity contribution in [1.82, 2.24) is 19.5 Å². The predicted octanol–water partition coefficient (Wildman–Crippen LogP) is 1.56. The molecule has 2 aromatic rings. The third-order valence-electron chi connectivity index (χ3n) is 6.25. The maximum absolute atomic E-state index is 13.3. The first-order valence-electron chi connectivity index (χ1n) is 10.5. The number of sulfonamides is 1. The van der Waals surface area contributed by atoms with Gasteiger partial charge in [0.05, 0.1) is 12.2 Å². The van der Waals surface area contributed by atoms with Crippen molar-refractivity contribution in [3.05, 3.63) is 36.0 Å². The molecule has 2 amide bonds. The van der Waals surface area contributed by atoms with E-state index in [1.54, 1.807) is 17.2 Å². The third-order valence-corrected chi connectivity index (χ3v) is 7.55. The molecule has 0 radical (unpaired) electrons. The van der Waals surface area contributed by atoms with E-state index in [1.807, 2.05) is 18.2 Å². The van der Waals surface area contributed by atoms with E-state index in [4.69, 9.17) is 0 Å². The lowest BCUT2D eigenvalue weighted by Gasteiger charge is -2.39. The Labute approximate surface area is 176 Å². The van der Waals surface area contributed by atoms with Crippen molar-refractivity contribution < 1.29 is 18.0 Å². The van der Waals surface area contributed by atoms with Crippen LogP contribution in [-0.2, 0) is 14.8 Å². The molecular formula is C21H28N4O4S. The third kappa shape index (κ3) is 4.09. The summed E-state index contributed by atoms with van der Waals surface area (Å²) in [5.74, 6) is -0.608. The second-order valence-corrected chi connectivity index (χ2v) is 10.1. The van der Waals surface area contributed by atoms with Gasteiger partial charge in [-0.3, -0.25) is 9.59 Å². The first-order valence-corrected chi connectivity index (χ1v) is 12.3. The highest BCUT2D eigenvalue weighted by molar-refractivity contribution is 7.88. The highest BCUT2D eigenvalue weighted by atomic mass is 32.2. The zero-order chi connectivity index (χ0) is 21.3. The molecule has 1 aromatic carbocycles. The molecule has 2 atom stereocenters. The first kappa shape index (κ1) is 20.9. The number of aromatic nitrogens is 1. The summed E-state index contributed by atoms with van der Waals surface area (Å²) >= 11 is 0. The fourth-order valence-corrected chi connectivity index (χ4v) is 5.92. The molecule has 2 aliphatic rings. The SMILES string of the molecule is CS(=O)(=O)N1CCN(C(=O)c2cccc3[nH]ccc23)CCNC(=O)C2CCCCC21. The Hall–Kier alpha value is -2.39. The van der Waals surface area contributed by atoms with Gasteiger partial charge in [-0.2, -0.15) is 4.31 Å². The number of carbonyl (C=O) groups is 2. The molecule has 0 spiro atoms. The Bertz CT molecular complexity index is 1050. The fraction of sp³-hybridized carbons (Fsp3) is 0.524. The van der Waals surface area contributed by atoms with E-state index in [-0.39, 0.29) is 36.9 Å². The van der Waals surface area contributed by atoms with Crippen molar-refractivity contribution in [2.45, 2.75) is 31.7 Å². The molecule has 1 aliphatic carbocycles. The molecular weight excluding hydrogens is 404 g/mol. The van der Waals surface area contributed by atoms with Gasteiger partial charge in [0, 0.05) is 54.9 Å². The number of nitrogens with one attached hydrogen (secondary N) is 2. The lowest BCUT2D eigenvalue weighted by atomic mass is 9.83. The zero-order valence-corrected chi connectivity index (χ0v) is 18.0. The number of hydrogen-bond donors (Lipinski definition) is 2.